The van der Waals surface area contributed by atoms with E-state index in [0.29, 0.717) is 5.41 Å². The zero-order chi connectivity index (χ0) is 16.2. The molecule has 23 heavy (non-hydrogen) atoms. The minimum absolute atomic E-state index is 0.487. The number of hydrogen-bond acceptors (Lipinski definition) is 0. The highest BCUT2D eigenvalue weighted by atomic mass is 14.6. The van der Waals surface area contributed by atoms with Gasteiger partial charge in [-0.25, -0.2) is 0 Å². The van der Waals surface area contributed by atoms with E-state index in [-0.39, 0.29) is 0 Å². The van der Waals surface area contributed by atoms with E-state index in [1.165, 1.54) is 56.1 Å². The fourth-order valence-corrected chi connectivity index (χ4v) is 6.52. The summed E-state index contributed by atoms with van der Waals surface area (Å²) in [5, 5.41) is 0. The van der Waals surface area contributed by atoms with Gasteiger partial charge in [-0.1, -0.05) is 61.4 Å². The topological polar surface area (TPSA) is 0 Å². The van der Waals surface area contributed by atoms with E-state index in [2.05, 4.69) is 39.2 Å². The Morgan fingerprint density at radius 1 is 1.22 bits per heavy atom. The van der Waals surface area contributed by atoms with Crippen LogP contribution in [0.25, 0.3) is 0 Å². The molecule has 2 saturated carbocycles. The maximum absolute atomic E-state index is 4.43. The van der Waals surface area contributed by atoms with Crippen molar-refractivity contribution in [3.05, 3.63) is 47.6 Å². The first-order chi connectivity index (χ1) is 11.0. The van der Waals surface area contributed by atoms with Crippen LogP contribution in [0.3, 0.4) is 0 Å². The van der Waals surface area contributed by atoms with Gasteiger partial charge in [0.05, 0.1) is 0 Å². The van der Waals surface area contributed by atoms with Crippen LogP contribution < -0.4 is 0 Å². The van der Waals surface area contributed by atoms with Crippen LogP contribution in [0.4, 0.5) is 0 Å². The monoisotopic (exact) mass is 308 g/mol. The summed E-state index contributed by atoms with van der Waals surface area (Å²) >= 11 is 0. The molecule has 0 N–H and O–H groups in total. The van der Waals surface area contributed by atoms with Gasteiger partial charge < -0.3 is 0 Å². The van der Waals surface area contributed by atoms with Crippen molar-refractivity contribution in [2.24, 2.45) is 29.1 Å². The van der Waals surface area contributed by atoms with E-state index in [1.54, 1.807) is 5.57 Å². The first-order valence-electron chi connectivity index (χ1n) is 9.80. The summed E-state index contributed by atoms with van der Waals surface area (Å²) in [5.74, 6) is 3.29. The summed E-state index contributed by atoms with van der Waals surface area (Å²) in [7, 11) is 0. The second kappa shape index (κ2) is 5.50. The number of allylic oxidation sites excluding steroid dienone is 6. The first-order valence-corrected chi connectivity index (χ1v) is 9.80. The van der Waals surface area contributed by atoms with Gasteiger partial charge in [-0.15, -0.1) is 0 Å². The molecular formula is C23H32. The molecule has 0 spiro atoms. The van der Waals surface area contributed by atoms with Crippen LogP contribution >= 0.6 is 0 Å². The lowest BCUT2D eigenvalue weighted by Gasteiger charge is -2.50. The Labute approximate surface area is 142 Å². The summed E-state index contributed by atoms with van der Waals surface area (Å²) in [6, 6.07) is 0. The van der Waals surface area contributed by atoms with E-state index >= 15 is 0 Å². The molecule has 0 aromatic rings. The molecule has 0 aliphatic heterocycles. The van der Waals surface area contributed by atoms with Crippen molar-refractivity contribution in [1.82, 2.24) is 0 Å². The molecule has 0 aromatic heterocycles. The zero-order valence-corrected chi connectivity index (χ0v) is 15.0. The average Bonchev–Trinajstić information content (AvgIpc) is 2.90. The number of fused-ring (bicyclic) bond motifs is 5. The molecular weight excluding hydrogens is 276 g/mol. The van der Waals surface area contributed by atoms with Crippen LogP contribution in [0.2, 0.25) is 0 Å². The Kier molecular flexibility index (Phi) is 3.70. The van der Waals surface area contributed by atoms with Gasteiger partial charge in [0.15, 0.2) is 0 Å². The van der Waals surface area contributed by atoms with Crippen molar-refractivity contribution in [2.45, 2.75) is 65.2 Å². The largest absolute Gasteiger partial charge is 0.0996 e. The second-order valence-corrected chi connectivity index (χ2v) is 8.78. The van der Waals surface area contributed by atoms with Gasteiger partial charge in [-0.05, 0) is 74.5 Å². The van der Waals surface area contributed by atoms with E-state index in [0.717, 1.165) is 30.1 Å². The molecule has 5 unspecified atom stereocenters. The SMILES string of the molecule is C=C1C=C2CCC3C(=CCC4(C)C(C(=C)CC)CCC34)C2CC1. The fraction of sp³-hybridized carbons (Fsp3) is 0.652. The Bertz CT molecular complexity index is 602. The normalized spacial score (nSPS) is 42.3. The lowest BCUT2D eigenvalue weighted by atomic mass is 9.55. The number of rotatable bonds is 2. The minimum atomic E-state index is 0.487. The van der Waals surface area contributed by atoms with Crippen LogP contribution in [-0.2, 0) is 0 Å². The molecule has 0 nitrogen and oxygen atoms in total. The van der Waals surface area contributed by atoms with Crippen LogP contribution in [0.5, 0.6) is 0 Å². The highest BCUT2D eigenvalue weighted by Crippen LogP contribution is 2.63. The number of hydrogen-bond donors (Lipinski definition) is 0. The molecule has 0 bridgehead atoms. The molecule has 5 atom stereocenters. The van der Waals surface area contributed by atoms with Crippen molar-refractivity contribution < 1.29 is 0 Å². The summed E-state index contributed by atoms with van der Waals surface area (Å²) in [5.41, 5.74) is 6.87. The predicted octanol–water partition coefficient (Wildman–Crippen LogP) is 6.62. The quantitative estimate of drug-likeness (QED) is 0.503. The van der Waals surface area contributed by atoms with Crippen LogP contribution in [0.1, 0.15) is 65.2 Å². The lowest BCUT2D eigenvalue weighted by molar-refractivity contribution is 0.108. The fourth-order valence-electron chi connectivity index (χ4n) is 6.52. The standard InChI is InChI=1S/C23H32/c1-5-16(3)21-10-11-22-20-9-7-17-14-15(2)6-8-18(17)19(20)12-13-23(21,22)4/h12,14,18,20-22H,2-3,5-11,13H2,1,4H3. The first kappa shape index (κ1) is 15.5. The second-order valence-electron chi connectivity index (χ2n) is 8.78. The van der Waals surface area contributed by atoms with Crippen molar-refractivity contribution in [1.29, 1.82) is 0 Å². The molecule has 2 fully saturated rings. The van der Waals surface area contributed by atoms with Crippen molar-refractivity contribution in [3.8, 4) is 0 Å². The van der Waals surface area contributed by atoms with E-state index in [9.17, 15) is 0 Å². The third-order valence-corrected chi connectivity index (χ3v) is 7.79. The Morgan fingerprint density at radius 2 is 2.04 bits per heavy atom. The third kappa shape index (κ3) is 2.24. The molecule has 0 heterocycles. The van der Waals surface area contributed by atoms with Crippen molar-refractivity contribution in [3.63, 3.8) is 0 Å². The van der Waals surface area contributed by atoms with Gasteiger partial charge in [-0.2, -0.15) is 0 Å². The molecule has 4 aliphatic rings. The van der Waals surface area contributed by atoms with Crippen LogP contribution in [0, 0.1) is 29.1 Å². The van der Waals surface area contributed by atoms with Gasteiger partial charge in [-0.3, -0.25) is 0 Å². The lowest BCUT2D eigenvalue weighted by Crippen LogP contribution is -2.40. The summed E-state index contributed by atoms with van der Waals surface area (Å²) in [4.78, 5) is 0. The van der Waals surface area contributed by atoms with Gasteiger partial charge >= 0.3 is 0 Å². The minimum Gasteiger partial charge on any atom is -0.0996 e. The maximum Gasteiger partial charge on any atom is 0.00162 e. The zero-order valence-electron chi connectivity index (χ0n) is 15.0. The van der Waals surface area contributed by atoms with E-state index in [4.69, 9.17) is 0 Å². The molecule has 0 saturated heterocycles. The van der Waals surface area contributed by atoms with Crippen LogP contribution in [-0.4, -0.2) is 0 Å². The molecule has 0 amide bonds. The average molecular weight is 309 g/mol. The highest BCUT2D eigenvalue weighted by Gasteiger charge is 2.53. The summed E-state index contributed by atoms with van der Waals surface area (Å²) in [6.07, 6.45) is 15.6. The molecule has 124 valence electrons. The van der Waals surface area contributed by atoms with Gasteiger partial charge in [0.1, 0.15) is 0 Å². The predicted molar refractivity (Wildman–Crippen MR) is 99.1 cm³/mol. The summed E-state index contributed by atoms with van der Waals surface area (Å²) in [6.45, 7) is 13.5. The molecule has 0 radical (unpaired) electrons. The van der Waals surface area contributed by atoms with Gasteiger partial charge in [0, 0.05) is 5.92 Å². The van der Waals surface area contributed by atoms with E-state index in [1.807, 2.05) is 5.57 Å². The van der Waals surface area contributed by atoms with Crippen LogP contribution in [0.15, 0.2) is 47.6 Å². The molecule has 0 heteroatoms. The maximum atomic E-state index is 4.43. The van der Waals surface area contributed by atoms with E-state index < -0.39 is 0 Å². The molecule has 4 aliphatic carbocycles. The van der Waals surface area contributed by atoms with Gasteiger partial charge in [0.2, 0.25) is 0 Å². The summed E-state index contributed by atoms with van der Waals surface area (Å²) < 4.78 is 0. The molecule has 0 aromatic carbocycles. The van der Waals surface area contributed by atoms with Gasteiger partial charge in [0.25, 0.3) is 0 Å². The highest BCUT2D eigenvalue weighted by molar-refractivity contribution is 5.38. The third-order valence-electron chi connectivity index (χ3n) is 7.79. The van der Waals surface area contributed by atoms with Crippen molar-refractivity contribution >= 4 is 0 Å². The molecule has 4 rings (SSSR count). The van der Waals surface area contributed by atoms with Crippen molar-refractivity contribution in [2.75, 3.05) is 0 Å². The Morgan fingerprint density at radius 3 is 2.83 bits per heavy atom. The Hall–Kier alpha value is -1.04. The Balaban J connectivity index is 1.66. The smallest absolute Gasteiger partial charge is 0.00162 e.